The Morgan fingerprint density at radius 3 is 2.52 bits per heavy atom. The van der Waals surface area contributed by atoms with Crippen molar-refractivity contribution in [3.05, 3.63) is 35.2 Å². The molecule has 1 aliphatic rings. The highest BCUT2D eigenvalue weighted by atomic mass is 16.5. The summed E-state index contributed by atoms with van der Waals surface area (Å²) < 4.78 is 15.9. The van der Waals surface area contributed by atoms with Crippen molar-refractivity contribution in [3.8, 4) is 17.2 Å². The second kappa shape index (κ2) is 6.50. The Bertz CT molecular complexity index is 658. The van der Waals surface area contributed by atoms with Crippen LogP contribution >= 0.6 is 0 Å². The Hall–Kier alpha value is -2.21. The summed E-state index contributed by atoms with van der Waals surface area (Å²) in [6, 6.07) is 5.93. The predicted molar refractivity (Wildman–Crippen MR) is 84.8 cm³/mol. The van der Waals surface area contributed by atoms with Gasteiger partial charge in [0.25, 0.3) is 0 Å². The van der Waals surface area contributed by atoms with Crippen molar-refractivity contribution in [1.29, 1.82) is 0 Å². The summed E-state index contributed by atoms with van der Waals surface area (Å²) in [6.07, 6.45) is 2.18. The maximum Gasteiger partial charge on any atom is 0.200 e. The lowest BCUT2D eigenvalue weighted by Crippen LogP contribution is -2.22. The standard InChI is InChI=1S/C17H22N2O4/c1-11-7-14(23-18-11)13-5-4-6-19(13)10-12-8-15(21-2)17(20)16(9-12)22-3/h7-9,13,20H,4-6,10H2,1-3H3. The average molecular weight is 318 g/mol. The molecule has 1 atom stereocenters. The number of nitrogens with zero attached hydrogens (tertiary/aromatic N) is 2. The molecule has 0 aliphatic carbocycles. The van der Waals surface area contributed by atoms with Gasteiger partial charge in [0, 0.05) is 12.6 Å². The molecule has 1 aromatic heterocycles. The number of ether oxygens (including phenoxy) is 2. The van der Waals surface area contributed by atoms with Crippen LogP contribution in [0.15, 0.2) is 22.7 Å². The zero-order chi connectivity index (χ0) is 16.4. The molecule has 0 amide bonds. The Morgan fingerprint density at radius 2 is 1.96 bits per heavy atom. The number of aryl methyl sites for hydroxylation is 1. The van der Waals surface area contributed by atoms with E-state index in [0.29, 0.717) is 11.5 Å². The first-order valence-corrected chi connectivity index (χ1v) is 7.73. The SMILES string of the molecule is COc1cc(CN2CCCC2c2cc(C)no2)cc(OC)c1O. The summed E-state index contributed by atoms with van der Waals surface area (Å²) in [4.78, 5) is 2.35. The van der Waals surface area contributed by atoms with Crippen molar-refractivity contribution in [2.45, 2.75) is 32.4 Å². The van der Waals surface area contributed by atoms with Crippen LogP contribution in [0.2, 0.25) is 0 Å². The number of benzene rings is 1. The fourth-order valence-electron chi connectivity index (χ4n) is 3.15. The first kappa shape index (κ1) is 15.7. The van der Waals surface area contributed by atoms with Gasteiger partial charge in [-0.15, -0.1) is 0 Å². The van der Waals surface area contributed by atoms with Gasteiger partial charge in [-0.2, -0.15) is 0 Å². The number of phenolic OH excluding ortho intramolecular Hbond substituents is 1. The number of hydrogen-bond donors (Lipinski definition) is 1. The highest BCUT2D eigenvalue weighted by molar-refractivity contribution is 5.52. The maximum atomic E-state index is 10.0. The minimum atomic E-state index is 0.0302. The monoisotopic (exact) mass is 318 g/mol. The molecule has 6 heteroatoms. The number of hydrogen-bond acceptors (Lipinski definition) is 6. The van der Waals surface area contributed by atoms with Gasteiger partial charge < -0.3 is 19.1 Å². The van der Waals surface area contributed by atoms with Crippen molar-refractivity contribution in [3.63, 3.8) is 0 Å². The van der Waals surface area contributed by atoms with E-state index in [1.807, 2.05) is 25.1 Å². The molecule has 2 aromatic rings. The predicted octanol–water partition coefficient (Wildman–Crippen LogP) is 3.04. The Kier molecular flexibility index (Phi) is 4.43. The van der Waals surface area contributed by atoms with E-state index >= 15 is 0 Å². The van der Waals surface area contributed by atoms with Crippen LogP contribution in [0.5, 0.6) is 17.2 Å². The summed E-state index contributed by atoms with van der Waals surface area (Å²) in [5.74, 6) is 1.79. The van der Waals surface area contributed by atoms with Crippen LogP contribution in [0, 0.1) is 6.92 Å². The van der Waals surface area contributed by atoms with Gasteiger partial charge >= 0.3 is 0 Å². The molecule has 0 bridgehead atoms. The van der Waals surface area contributed by atoms with Gasteiger partial charge in [0.2, 0.25) is 5.75 Å². The van der Waals surface area contributed by atoms with Gasteiger partial charge in [0.05, 0.1) is 26.0 Å². The Morgan fingerprint density at radius 1 is 1.26 bits per heavy atom. The number of rotatable bonds is 5. The number of phenols is 1. The third kappa shape index (κ3) is 3.12. The van der Waals surface area contributed by atoms with Crippen LogP contribution in [0.25, 0.3) is 0 Å². The molecule has 1 fully saturated rings. The van der Waals surface area contributed by atoms with Gasteiger partial charge in [0.15, 0.2) is 17.3 Å². The summed E-state index contributed by atoms with van der Waals surface area (Å²) in [6.45, 7) is 3.66. The molecule has 1 N–H and O–H groups in total. The van der Waals surface area contributed by atoms with E-state index in [9.17, 15) is 5.11 Å². The third-order valence-corrected chi connectivity index (χ3v) is 4.26. The van der Waals surface area contributed by atoms with E-state index < -0.39 is 0 Å². The highest BCUT2D eigenvalue weighted by Crippen LogP contribution is 2.39. The first-order valence-electron chi connectivity index (χ1n) is 7.73. The molecule has 1 aromatic carbocycles. The number of likely N-dealkylation sites (tertiary alicyclic amines) is 1. The molecule has 6 nitrogen and oxygen atoms in total. The summed E-state index contributed by atoms with van der Waals surface area (Å²) in [5, 5.41) is 14.0. The molecular formula is C17H22N2O4. The van der Waals surface area contributed by atoms with E-state index in [2.05, 4.69) is 10.1 Å². The third-order valence-electron chi connectivity index (χ3n) is 4.26. The summed E-state index contributed by atoms with van der Waals surface area (Å²) in [5.41, 5.74) is 1.93. The minimum Gasteiger partial charge on any atom is -0.502 e. The van der Waals surface area contributed by atoms with Gasteiger partial charge in [-0.1, -0.05) is 5.16 Å². The number of aromatic nitrogens is 1. The van der Waals surface area contributed by atoms with Gasteiger partial charge in [0.1, 0.15) is 0 Å². The van der Waals surface area contributed by atoms with E-state index in [0.717, 1.165) is 42.9 Å². The molecule has 0 radical (unpaired) electrons. The van der Waals surface area contributed by atoms with Crippen molar-refractivity contribution in [2.24, 2.45) is 0 Å². The number of methoxy groups -OCH3 is 2. The molecule has 3 rings (SSSR count). The lowest BCUT2D eigenvalue weighted by Gasteiger charge is -2.23. The van der Waals surface area contributed by atoms with Crippen LogP contribution in [0.3, 0.4) is 0 Å². The van der Waals surface area contributed by atoms with Crippen molar-refractivity contribution >= 4 is 0 Å². The average Bonchev–Trinajstić information content (AvgIpc) is 3.17. The zero-order valence-corrected chi connectivity index (χ0v) is 13.7. The molecule has 0 spiro atoms. The van der Waals surface area contributed by atoms with Gasteiger partial charge in [-0.05, 0) is 44.0 Å². The smallest absolute Gasteiger partial charge is 0.200 e. The van der Waals surface area contributed by atoms with E-state index in [1.165, 1.54) is 14.2 Å². The van der Waals surface area contributed by atoms with Crippen molar-refractivity contribution in [1.82, 2.24) is 10.1 Å². The van der Waals surface area contributed by atoms with Crippen molar-refractivity contribution < 1.29 is 19.1 Å². The minimum absolute atomic E-state index is 0.0302. The van der Waals surface area contributed by atoms with Crippen molar-refractivity contribution in [2.75, 3.05) is 20.8 Å². The summed E-state index contributed by atoms with van der Waals surface area (Å²) >= 11 is 0. The molecule has 1 aliphatic heterocycles. The fraction of sp³-hybridized carbons (Fsp3) is 0.471. The maximum absolute atomic E-state index is 10.0. The van der Waals surface area contributed by atoms with E-state index in [1.54, 1.807) is 0 Å². The van der Waals surface area contributed by atoms with Crippen LogP contribution < -0.4 is 9.47 Å². The Labute approximate surface area is 135 Å². The lowest BCUT2D eigenvalue weighted by molar-refractivity contribution is 0.206. The molecule has 0 saturated carbocycles. The van der Waals surface area contributed by atoms with E-state index in [-0.39, 0.29) is 11.8 Å². The van der Waals surface area contributed by atoms with Crippen LogP contribution in [0.4, 0.5) is 0 Å². The number of aromatic hydroxyl groups is 1. The fourth-order valence-corrected chi connectivity index (χ4v) is 3.15. The molecule has 23 heavy (non-hydrogen) atoms. The van der Waals surface area contributed by atoms with Crippen LogP contribution in [-0.2, 0) is 6.54 Å². The molecule has 1 saturated heterocycles. The van der Waals surface area contributed by atoms with E-state index in [4.69, 9.17) is 14.0 Å². The first-order chi connectivity index (χ1) is 11.1. The van der Waals surface area contributed by atoms with Crippen LogP contribution in [0.1, 0.15) is 35.9 Å². The second-order valence-electron chi connectivity index (χ2n) is 5.85. The normalized spacial score (nSPS) is 18.3. The zero-order valence-electron chi connectivity index (χ0n) is 13.7. The molecular weight excluding hydrogens is 296 g/mol. The largest absolute Gasteiger partial charge is 0.502 e. The lowest BCUT2D eigenvalue weighted by atomic mass is 10.1. The van der Waals surface area contributed by atoms with Gasteiger partial charge in [-0.3, -0.25) is 4.90 Å². The van der Waals surface area contributed by atoms with Crippen LogP contribution in [-0.4, -0.2) is 35.9 Å². The Balaban J connectivity index is 1.83. The topological polar surface area (TPSA) is 68.0 Å². The highest BCUT2D eigenvalue weighted by Gasteiger charge is 2.29. The van der Waals surface area contributed by atoms with Gasteiger partial charge in [-0.25, -0.2) is 0 Å². The molecule has 2 heterocycles. The molecule has 1 unspecified atom stereocenters. The quantitative estimate of drug-likeness (QED) is 0.914. The second-order valence-corrected chi connectivity index (χ2v) is 5.85. The summed E-state index contributed by atoms with van der Waals surface area (Å²) in [7, 11) is 3.07. The molecule has 124 valence electrons.